The lowest BCUT2D eigenvalue weighted by Crippen LogP contribution is -2.54. The van der Waals surface area contributed by atoms with Crippen LogP contribution in [0.5, 0.6) is 5.75 Å². The molecule has 9 heteroatoms. The summed E-state index contributed by atoms with van der Waals surface area (Å²) in [6.45, 7) is 6.53. The predicted octanol–water partition coefficient (Wildman–Crippen LogP) is 7.04. The number of benzene rings is 1. The van der Waals surface area contributed by atoms with Gasteiger partial charge in [-0.2, -0.15) is 0 Å². The van der Waals surface area contributed by atoms with E-state index in [1.165, 1.54) is 25.3 Å². The van der Waals surface area contributed by atoms with Gasteiger partial charge in [-0.3, -0.25) is 9.59 Å². The van der Waals surface area contributed by atoms with E-state index < -0.39 is 35.4 Å². The summed E-state index contributed by atoms with van der Waals surface area (Å²) in [4.78, 5) is 49.7. The molecule has 0 radical (unpaired) electrons. The third-order valence-electron chi connectivity index (χ3n) is 8.01. The standard InChI is InChI=1S/C36H57NO8/c1-4-7-9-12-15-18-29(38)19-16-13-10-11-14-17-20-31(36(44,25-6-3)35(42)43)33(39)37-32(34(40)41)27-28-21-23-30(24-22-28)45-26-8-5-2/h17,20-24,31-32,44H,4-16,18-19,25-27H2,1-3H3,(H,37,39)(H,40,41)(H,42,43)/t31-,32+,36+/m1/s1. The number of unbranched alkanes of at least 4 members (excludes halogenated alkanes) is 9. The van der Waals surface area contributed by atoms with Crippen LogP contribution in [0.25, 0.3) is 0 Å². The Balaban J connectivity index is 2.75. The molecular weight excluding hydrogens is 574 g/mol. The highest BCUT2D eigenvalue weighted by Gasteiger charge is 2.46. The summed E-state index contributed by atoms with van der Waals surface area (Å²) in [5, 5.41) is 33.3. The van der Waals surface area contributed by atoms with Crippen LogP contribution in [-0.2, 0) is 25.6 Å². The monoisotopic (exact) mass is 631 g/mol. The zero-order valence-electron chi connectivity index (χ0n) is 27.7. The minimum absolute atomic E-state index is 0.0205. The number of rotatable bonds is 27. The average molecular weight is 632 g/mol. The van der Waals surface area contributed by atoms with E-state index in [4.69, 9.17) is 4.74 Å². The second kappa shape index (κ2) is 23.2. The first-order chi connectivity index (χ1) is 21.6. The summed E-state index contributed by atoms with van der Waals surface area (Å²) >= 11 is 0. The molecule has 0 heterocycles. The number of carboxylic acids is 2. The number of carboxylic acid groups (broad SMARTS) is 2. The van der Waals surface area contributed by atoms with Crippen molar-refractivity contribution in [2.45, 2.75) is 142 Å². The maximum absolute atomic E-state index is 13.4. The number of carbonyl (C=O) groups is 4. The molecule has 45 heavy (non-hydrogen) atoms. The Morgan fingerprint density at radius 3 is 1.98 bits per heavy atom. The molecule has 4 N–H and O–H groups in total. The predicted molar refractivity (Wildman–Crippen MR) is 176 cm³/mol. The van der Waals surface area contributed by atoms with E-state index in [2.05, 4.69) is 19.2 Å². The molecule has 0 bridgehead atoms. The Hall–Kier alpha value is -3.20. The fourth-order valence-corrected chi connectivity index (χ4v) is 5.21. The second-order valence-corrected chi connectivity index (χ2v) is 12.0. The lowest BCUT2D eigenvalue weighted by Gasteiger charge is -2.30. The van der Waals surface area contributed by atoms with Gasteiger partial charge in [0.15, 0.2) is 5.60 Å². The van der Waals surface area contributed by atoms with Crippen LogP contribution in [0.15, 0.2) is 36.4 Å². The first-order valence-electron chi connectivity index (χ1n) is 17.0. The number of ketones is 1. The van der Waals surface area contributed by atoms with E-state index in [-0.39, 0.29) is 12.8 Å². The second-order valence-electron chi connectivity index (χ2n) is 12.0. The molecule has 1 aromatic carbocycles. The number of Topliss-reactive ketones (excluding diaryl/α,β-unsaturated/α-hetero) is 1. The lowest BCUT2D eigenvalue weighted by atomic mass is 9.82. The van der Waals surface area contributed by atoms with Crippen molar-refractivity contribution in [3.05, 3.63) is 42.0 Å². The van der Waals surface area contributed by atoms with Gasteiger partial charge in [-0.1, -0.05) is 96.4 Å². The van der Waals surface area contributed by atoms with Gasteiger partial charge in [0.1, 0.15) is 17.6 Å². The fraction of sp³-hybridized carbons (Fsp3) is 0.667. The molecule has 254 valence electrons. The first kappa shape index (κ1) is 39.8. The molecule has 0 saturated carbocycles. The number of ether oxygens (including phenoxy) is 1. The molecule has 0 aliphatic carbocycles. The topological polar surface area (TPSA) is 150 Å². The van der Waals surface area contributed by atoms with E-state index >= 15 is 0 Å². The molecule has 0 aliphatic rings. The number of amides is 1. The van der Waals surface area contributed by atoms with Crippen LogP contribution < -0.4 is 10.1 Å². The minimum Gasteiger partial charge on any atom is -0.494 e. The van der Waals surface area contributed by atoms with Crippen molar-refractivity contribution in [2.75, 3.05) is 6.61 Å². The number of nitrogens with one attached hydrogen (secondary N) is 1. The Bertz CT molecular complexity index is 1040. The number of hydrogen-bond acceptors (Lipinski definition) is 6. The summed E-state index contributed by atoms with van der Waals surface area (Å²) in [6.07, 6.45) is 16.0. The van der Waals surface area contributed by atoms with Gasteiger partial charge in [-0.15, -0.1) is 0 Å². The molecular formula is C36H57NO8. The number of allylic oxidation sites excluding steroid dienone is 1. The minimum atomic E-state index is -2.38. The van der Waals surface area contributed by atoms with Crippen LogP contribution in [0.2, 0.25) is 0 Å². The van der Waals surface area contributed by atoms with Crippen molar-refractivity contribution < 1.29 is 39.2 Å². The normalized spacial score (nSPS) is 14.0. The van der Waals surface area contributed by atoms with Crippen LogP contribution in [-0.4, -0.2) is 57.2 Å². The lowest BCUT2D eigenvalue weighted by molar-refractivity contribution is -0.167. The van der Waals surface area contributed by atoms with Gasteiger partial charge < -0.3 is 25.4 Å². The van der Waals surface area contributed by atoms with Crippen LogP contribution >= 0.6 is 0 Å². The molecule has 0 fully saturated rings. The Labute approximate surface area is 269 Å². The van der Waals surface area contributed by atoms with E-state index in [0.29, 0.717) is 49.4 Å². The SMILES string of the molecule is CCCCCCCC(=O)CCCCCCC=C[C@H](C(=O)N[C@@H](Cc1ccc(OCCCC)cc1)C(=O)O)[C@@](O)(CCC)C(=O)O. The Morgan fingerprint density at radius 1 is 0.822 bits per heavy atom. The first-order valence-corrected chi connectivity index (χ1v) is 17.0. The summed E-state index contributed by atoms with van der Waals surface area (Å²) < 4.78 is 5.65. The van der Waals surface area contributed by atoms with Crippen LogP contribution in [0, 0.1) is 5.92 Å². The van der Waals surface area contributed by atoms with Crippen molar-refractivity contribution in [1.29, 1.82) is 0 Å². The molecule has 0 spiro atoms. The largest absolute Gasteiger partial charge is 0.494 e. The Morgan fingerprint density at radius 2 is 1.42 bits per heavy atom. The summed E-state index contributed by atoms with van der Waals surface area (Å²) in [5.41, 5.74) is -1.72. The van der Waals surface area contributed by atoms with E-state index in [1.807, 2.05) is 0 Å². The van der Waals surface area contributed by atoms with Crippen molar-refractivity contribution in [3.8, 4) is 5.75 Å². The summed E-state index contributed by atoms with van der Waals surface area (Å²) in [5.74, 6) is -4.14. The van der Waals surface area contributed by atoms with Gasteiger partial charge in [0, 0.05) is 19.3 Å². The molecule has 0 aromatic heterocycles. The number of aliphatic hydroxyl groups is 1. The molecule has 3 atom stereocenters. The number of carbonyl (C=O) groups excluding carboxylic acids is 2. The van der Waals surface area contributed by atoms with E-state index in [0.717, 1.165) is 51.4 Å². The summed E-state index contributed by atoms with van der Waals surface area (Å²) in [7, 11) is 0. The van der Waals surface area contributed by atoms with Crippen molar-refractivity contribution in [2.24, 2.45) is 5.92 Å². The average Bonchev–Trinajstić information content (AvgIpc) is 3.00. The maximum atomic E-state index is 13.4. The highest BCUT2D eigenvalue weighted by Crippen LogP contribution is 2.27. The molecule has 1 amide bonds. The van der Waals surface area contributed by atoms with Gasteiger partial charge in [0.05, 0.1) is 12.5 Å². The van der Waals surface area contributed by atoms with Crippen LogP contribution in [0.1, 0.15) is 129 Å². The van der Waals surface area contributed by atoms with Crippen LogP contribution in [0.4, 0.5) is 0 Å². The van der Waals surface area contributed by atoms with E-state index in [9.17, 15) is 34.5 Å². The highest BCUT2D eigenvalue weighted by molar-refractivity contribution is 5.92. The summed E-state index contributed by atoms with van der Waals surface area (Å²) in [6, 6.07) is 5.63. The number of aliphatic carboxylic acids is 2. The van der Waals surface area contributed by atoms with Gasteiger partial charge in [-0.25, -0.2) is 9.59 Å². The van der Waals surface area contributed by atoms with E-state index in [1.54, 1.807) is 37.3 Å². The fourth-order valence-electron chi connectivity index (χ4n) is 5.21. The molecule has 0 unspecified atom stereocenters. The molecule has 9 nitrogen and oxygen atoms in total. The number of hydrogen-bond donors (Lipinski definition) is 4. The van der Waals surface area contributed by atoms with Crippen molar-refractivity contribution in [3.63, 3.8) is 0 Å². The third kappa shape index (κ3) is 16.1. The van der Waals surface area contributed by atoms with Gasteiger partial charge in [0.2, 0.25) is 5.91 Å². The molecule has 0 aliphatic heterocycles. The molecule has 1 aromatic rings. The zero-order valence-corrected chi connectivity index (χ0v) is 27.7. The Kier molecular flexibility index (Phi) is 20.5. The van der Waals surface area contributed by atoms with Crippen molar-refractivity contribution >= 4 is 23.6 Å². The van der Waals surface area contributed by atoms with Gasteiger partial charge in [-0.05, 0) is 56.2 Å². The molecule has 1 rings (SSSR count). The third-order valence-corrected chi connectivity index (χ3v) is 8.01. The van der Waals surface area contributed by atoms with Gasteiger partial charge >= 0.3 is 11.9 Å². The zero-order chi connectivity index (χ0) is 33.5. The van der Waals surface area contributed by atoms with Crippen LogP contribution in [0.3, 0.4) is 0 Å². The van der Waals surface area contributed by atoms with Gasteiger partial charge in [0.25, 0.3) is 0 Å². The maximum Gasteiger partial charge on any atom is 0.336 e. The highest BCUT2D eigenvalue weighted by atomic mass is 16.5. The molecule has 0 saturated heterocycles. The quantitative estimate of drug-likeness (QED) is 0.0597. The van der Waals surface area contributed by atoms with Crippen molar-refractivity contribution in [1.82, 2.24) is 5.32 Å². The smallest absolute Gasteiger partial charge is 0.336 e.